The van der Waals surface area contributed by atoms with Crippen LogP contribution in [-0.2, 0) is 0 Å². The van der Waals surface area contributed by atoms with Gasteiger partial charge in [-0.15, -0.1) is 22.7 Å². The molecule has 0 aliphatic heterocycles. The minimum atomic E-state index is 0.0619. The summed E-state index contributed by atoms with van der Waals surface area (Å²) in [6.07, 6.45) is 1.72. The first kappa shape index (κ1) is 19.6. The first-order valence-electron chi connectivity index (χ1n) is 8.61. The van der Waals surface area contributed by atoms with E-state index in [2.05, 4.69) is 27.4 Å². The van der Waals surface area contributed by atoms with Gasteiger partial charge in [-0.25, -0.2) is 9.67 Å². The number of thiophene rings is 1. The predicted molar refractivity (Wildman–Crippen MR) is 123 cm³/mol. The van der Waals surface area contributed by atoms with Crippen molar-refractivity contribution in [1.29, 1.82) is 0 Å². The summed E-state index contributed by atoms with van der Waals surface area (Å²) < 4.78 is 7.60. The largest absolute Gasteiger partial charge is 0.503 e. The molecule has 0 atom stereocenters. The lowest BCUT2D eigenvalue weighted by atomic mass is 10.2. The molecule has 2 aromatic carbocycles. The first-order valence-corrected chi connectivity index (χ1v) is 11.2. The number of hydrogen-bond acceptors (Lipinski definition) is 6. The minimum absolute atomic E-state index is 0.0619. The van der Waals surface area contributed by atoms with Crippen molar-refractivity contribution in [2.45, 2.75) is 0 Å². The first-order chi connectivity index (χ1) is 14.2. The Morgan fingerprint density at radius 1 is 1.10 bits per heavy atom. The summed E-state index contributed by atoms with van der Waals surface area (Å²) in [4.78, 5) is 6.62. The summed E-state index contributed by atoms with van der Waals surface area (Å²) >= 11 is 6.53. The van der Waals surface area contributed by atoms with Crippen LogP contribution in [0.3, 0.4) is 0 Å². The molecule has 0 saturated carbocycles. The summed E-state index contributed by atoms with van der Waals surface area (Å²) in [6.45, 7) is 0. The number of phenolic OH excluding ortho intramolecular Hbond substituents is 1. The Balaban J connectivity index is 1.82. The number of halogens is 1. The summed E-state index contributed by atoms with van der Waals surface area (Å²) in [5.74, 6) is 0.440. The molecule has 146 valence electrons. The number of aromatic hydroxyl groups is 1. The van der Waals surface area contributed by atoms with Crippen LogP contribution in [0.15, 0.2) is 79.9 Å². The second kappa shape index (κ2) is 8.77. The van der Waals surface area contributed by atoms with Gasteiger partial charge in [-0.05, 0) is 57.2 Å². The van der Waals surface area contributed by atoms with E-state index in [-0.39, 0.29) is 5.75 Å². The molecule has 0 aliphatic carbocycles. The van der Waals surface area contributed by atoms with E-state index in [0.29, 0.717) is 10.2 Å². The molecule has 0 aliphatic rings. The van der Waals surface area contributed by atoms with Gasteiger partial charge >= 0.3 is 0 Å². The molecular weight excluding hydrogens is 470 g/mol. The Hall–Kier alpha value is -2.68. The van der Waals surface area contributed by atoms with Gasteiger partial charge in [0.15, 0.2) is 11.5 Å². The van der Waals surface area contributed by atoms with Crippen LogP contribution < -0.4 is 9.54 Å². The number of aromatic nitrogens is 1. The van der Waals surface area contributed by atoms with Gasteiger partial charge < -0.3 is 9.84 Å². The molecule has 0 bridgehead atoms. The SMILES string of the molecule is COc1cc(C=Nn2c(-c3cccs3)csc2=Nc2ccccc2)cc(Br)c1O. The lowest BCUT2D eigenvalue weighted by Crippen LogP contribution is -2.11. The highest BCUT2D eigenvalue weighted by Gasteiger charge is 2.10. The molecule has 5 nitrogen and oxygen atoms in total. The van der Waals surface area contributed by atoms with E-state index >= 15 is 0 Å². The van der Waals surface area contributed by atoms with Crippen LogP contribution in [0.25, 0.3) is 10.6 Å². The fraction of sp³-hybridized carbons (Fsp3) is 0.0476. The Bertz CT molecular complexity index is 1210. The molecular formula is C21H16BrN3O2S2. The van der Waals surface area contributed by atoms with E-state index in [0.717, 1.165) is 26.6 Å². The Morgan fingerprint density at radius 3 is 2.66 bits per heavy atom. The third-order valence-electron chi connectivity index (χ3n) is 4.03. The molecule has 2 heterocycles. The van der Waals surface area contributed by atoms with E-state index in [1.54, 1.807) is 29.7 Å². The van der Waals surface area contributed by atoms with Gasteiger partial charge in [0.05, 0.1) is 34.1 Å². The van der Waals surface area contributed by atoms with Crippen LogP contribution in [0.5, 0.6) is 11.5 Å². The fourth-order valence-electron chi connectivity index (χ4n) is 2.64. The molecule has 4 rings (SSSR count). The molecule has 2 aromatic heterocycles. The second-order valence-electron chi connectivity index (χ2n) is 5.94. The zero-order valence-electron chi connectivity index (χ0n) is 15.3. The fourth-order valence-corrected chi connectivity index (χ4v) is 4.75. The van der Waals surface area contributed by atoms with Crippen LogP contribution >= 0.6 is 38.6 Å². The van der Waals surface area contributed by atoms with Crippen LogP contribution in [-0.4, -0.2) is 23.1 Å². The number of phenols is 1. The molecule has 1 N–H and O–H groups in total. The Kier molecular flexibility index (Phi) is 5.94. The maximum Gasteiger partial charge on any atom is 0.211 e. The lowest BCUT2D eigenvalue weighted by molar-refractivity contribution is 0.372. The van der Waals surface area contributed by atoms with E-state index in [1.165, 1.54) is 18.4 Å². The van der Waals surface area contributed by atoms with Crippen molar-refractivity contribution < 1.29 is 9.84 Å². The quantitative estimate of drug-likeness (QED) is 0.359. The van der Waals surface area contributed by atoms with Crippen molar-refractivity contribution in [2.24, 2.45) is 10.1 Å². The van der Waals surface area contributed by atoms with Gasteiger partial charge in [0.25, 0.3) is 0 Å². The standard InChI is InChI=1S/C21H16BrN3O2S2/c1-27-18-11-14(10-16(22)20(18)26)12-23-25-17(19-8-5-9-28-19)13-29-21(25)24-15-6-3-2-4-7-15/h2-13,26H,1H3. The summed E-state index contributed by atoms with van der Waals surface area (Å²) in [6, 6.07) is 17.4. The molecule has 0 amide bonds. The van der Waals surface area contributed by atoms with Crippen LogP contribution in [0.4, 0.5) is 5.69 Å². The zero-order chi connectivity index (χ0) is 20.2. The number of hydrogen-bond donors (Lipinski definition) is 1. The van der Waals surface area contributed by atoms with Gasteiger partial charge in [-0.3, -0.25) is 0 Å². The van der Waals surface area contributed by atoms with Gasteiger partial charge in [0.1, 0.15) is 0 Å². The lowest BCUT2D eigenvalue weighted by Gasteiger charge is -2.06. The van der Waals surface area contributed by atoms with Crippen molar-refractivity contribution in [1.82, 2.24) is 4.68 Å². The molecule has 4 aromatic rings. The monoisotopic (exact) mass is 485 g/mol. The maximum absolute atomic E-state index is 10.0. The van der Waals surface area contributed by atoms with Crippen LogP contribution in [0.1, 0.15) is 5.56 Å². The Morgan fingerprint density at radius 2 is 1.93 bits per heavy atom. The van der Waals surface area contributed by atoms with Gasteiger partial charge in [0, 0.05) is 5.38 Å². The number of nitrogens with zero attached hydrogens (tertiary/aromatic N) is 3. The molecule has 8 heteroatoms. The van der Waals surface area contributed by atoms with Crippen molar-refractivity contribution in [2.75, 3.05) is 7.11 Å². The van der Waals surface area contributed by atoms with Crippen molar-refractivity contribution in [3.8, 4) is 22.1 Å². The minimum Gasteiger partial charge on any atom is -0.503 e. The maximum atomic E-state index is 10.0. The highest BCUT2D eigenvalue weighted by Crippen LogP contribution is 2.34. The van der Waals surface area contributed by atoms with Gasteiger partial charge in [-0.2, -0.15) is 5.10 Å². The average Bonchev–Trinajstić information content (AvgIpc) is 3.39. The molecule has 0 unspecified atom stereocenters. The predicted octanol–water partition coefficient (Wildman–Crippen LogP) is 5.87. The van der Waals surface area contributed by atoms with Crippen molar-refractivity contribution in [3.05, 3.63) is 80.2 Å². The smallest absolute Gasteiger partial charge is 0.211 e. The molecule has 0 fully saturated rings. The summed E-state index contributed by atoms with van der Waals surface area (Å²) in [5.41, 5.74) is 2.62. The van der Waals surface area contributed by atoms with E-state index in [9.17, 15) is 5.11 Å². The summed E-state index contributed by atoms with van der Waals surface area (Å²) in [7, 11) is 1.52. The van der Waals surface area contributed by atoms with E-state index in [4.69, 9.17) is 14.8 Å². The molecule has 0 radical (unpaired) electrons. The third-order valence-corrected chi connectivity index (χ3v) is 6.35. The third kappa shape index (κ3) is 4.34. The Labute approximate surface area is 184 Å². The van der Waals surface area contributed by atoms with Crippen molar-refractivity contribution >= 4 is 50.5 Å². The average molecular weight is 486 g/mol. The molecule has 29 heavy (non-hydrogen) atoms. The van der Waals surface area contributed by atoms with Gasteiger partial charge in [0.2, 0.25) is 4.80 Å². The number of methoxy groups -OCH3 is 1. The number of thiazole rings is 1. The van der Waals surface area contributed by atoms with Crippen LogP contribution in [0.2, 0.25) is 0 Å². The second-order valence-corrected chi connectivity index (χ2v) is 8.58. The van der Waals surface area contributed by atoms with E-state index in [1.807, 2.05) is 46.5 Å². The topological polar surface area (TPSA) is 59.1 Å². The van der Waals surface area contributed by atoms with Crippen molar-refractivity contribution in [3.63, 3.8) is 0 Å². The number of rotatable bonds is 5. The van der Waals surface area contributed by atoms with Gasteiger partial charge in [-0.1, -0.05) is 24.3 Å². The number of ether oxygens (including phenoxy) is 1. The zero-order valence-corrected chi connectivity index (χ0v) is 18.5. The highest BCUT2D eigenvalue weighted by molar-refractivity contribution is 9.10. The normalized spacial score (nSPS) is 12.0. The molecule has 0 saturated heterocycles. The van der Waals surface area contributed by atoms with E-state index < -0.39 is 0 Å². The van der Waals surface area contributed by atoms with Crippen LogP contribution in [0, 0.1) is 0 Å². The summed E-state index contributed by atoms with van der Waals surface area (Å²) in [5, 5.41) is 18.8. The highest BCUT2D eigenvalue weighted by atomic mass is 79.9. The number of benzene rings is 2. The molecule has 0 spiro atoms. The number of para-hydroxylation sites is 1.